The number of carbonyl (C=O) groups is 1. The molecule has 1 aromatic carbocycles. The number of nitrogens with one attached hydrogen (secondary N) is 1. The number of ether oxygens (including phenoxy) is 2. The van der Waals surface area contributed by atoms with Gasteiger partial charge in [0.2, 0.25) is 0 Å². The van der Waals surface area contributed by atoms with Crippen molar-refractivity contribution in [1.82, 2.24) is 10.2 Å². The first-order chi connectivity index (χ1) is 12.2. The van der Waals surface area contributed by atoms with Crippen molar-refractivity contribution in [2.24, 2.45) is 0 Å². The molecule has 2 aromatic rings. The number of benzene rings is 1. The van der Waals surface area contributed by atoms with Gasteiger partial charge in [-0.2, -0.15) is 0 Å². The number of urea groups is 1. The molecule has 6 heteroatoms. The van der Waals surface area contributed by atoms with Gasteiger partial charge >= 0.3 is 6.03 Å². The maximum absolute atomic E-state index is 12.7. The molecule has 2 amide bonds. The number of nitrogens with zero attached hydrogens (tertiary/aromatic N) is 1. The number of furan rings is 1. The van der Waals surface area contributed by atoms with Gasteiger partial charge in [0.05, 0.1) is 19.3 Å². The number of carbonyl (C=O) groups excluding carboxylic acids is 1. The summed E-state index contributed by atoms with van der Waals surface area (Å²) in [4.78, 5) is 14.5. The lowest BCUT2D eigenvalue weighted by Gasteiger charge is -2.34. The summed E-state index contributed by atoms with van der Waals surface area (Å²) in [5.74, 6) is 1.57. The Morgan fingerprint density at radius 2 is 2.12 bits per heavy atom. The van der Waals surface area contributed by atoms with Gasteiger partial charge in [0.25, 0.3) is 0 Å². The summed E-state index contributed by atoms with van der Waals surface area (Å²) in [5.41, 5.74) is 1.03. The molecule has 1 saturated heterocycles. The van der Waals surface area contributed by atoms with Crippen LogP contribution in [0.25, 0.3) is 0 Å². The topological polar surface area (TPSA) is 63.9 Å². The SMILES string of the molecule is CO[C@@H](CNC(=O)N1CCOC[C@@H]1c1ccc(C)o1)c1ccccc1. The minimum atomic E-state index is -0.208. The second-order valence-electron chi connectivity index (χ2n) is 6.05. The van der Waals surface area contributed by atoms with Crippen LogP contribution in [0.1, 0.15) is 29.2 Å². The van der Waals surface area contributed by atoms with Gasteiger partial charge in [-0.25, -0.2) is 4.79 Å². The molecule has 2 atom stereocenters. The molecule has 2 heterocycles. The van der Waals surface area contributed by atoms with Gasteiger partial charge in [-0.1, -0.05) is 30.3 Å². The summed E-state index contributed by atoms with van der Waals surface area (Å²) in [5, 5.41) is 2.97. The third kappa shape index (κ3) is 4.21. The van der Waals surface area contributed by atoms with E-state index in [1.807, 2.05) is 49.4 Å². The second-order valence-corrected chi connectivity index (χ2v) is 6.05. The molecule has 1 aromatic heterocycles. The molecule has 0 bridgehead atoms. The first-order valence-corrected chi connectivity index (χ1v) is 8.45. The Hall–Kier alpha value is -2.31. The highest BCUT2D eigenvalue weighted by atomic mass is 16.5. The molecule has 0 spiro atoms. The largest absolute Gasteiger partial charge is 0.464 e. The first kappa shape index (κ1) is 17.5. The zero-order valence-corrected chi connectivity index (χ0v) is 14.6. The smallest absolute Gasteiger partial charge is 0.318 e. The minimum absolute atomic E-state index is 0.139. The van der Waals surface area contributed by atoms with Gasteiger partial charge in [0.15, 0.2) is 0 Å². The molecule has 6 nitrogen and oxygen atoms in total. The highest BCUT2D eigenvalue weighted by molar-refractivity contribution is 5.74. The Morgan fingerprint density at radius 3 is 2.80 bits per heavy atom. The van der Waals surface area contributed by atoms with E-state index >= 15 is 0 Å². The molecule has 3 rings (SSSR count). The normalized spacial score (nSPS) is 18.8. The molecular formula is C19H24N2O4. The highest BCUT2D eigenvalue weighted by Gasteiger charge is 2.31. The molecule has 1 fully saturated rings. The minimum Gasteiger partial charge on any atom is -0.464 e. The van der Waals surface area contributed by atoms with E-state index in [-0.39, 0.29) is 18.2 Å². The van der Waals surface area contributed by atoms with Crippen LogP contribution in [0.2, 0.25) is 0 Å². The van der Waals surface area contributed by atoms with E-state index in [0.717, 1.165) is 17.1 Å². The Labute approximate surface area is 147 Å². The van der Waals surface area contributed by atoms with Crippen molar-refractivity contribution in [2.45, 2.75) is 19.1 Å². The number of aryl methyl sites for hydroxylation is 1. The van der Waals surface area contributed by atoms with Crippen LogP contribution >= 0.6 is 0 Å². The number of morpholine rings is 1. The third-order valence-electron chi connectivity index (χ3n) is 4.37. The third-order valence-corrected chi connectivity index (χ3v) is 4.37. The monoisotopic (exact) mass is 344 g/mol. The molecule has 0 saturated carbocycles. The highest BCUT2D eigenvalue weighted by Crippen LogP contribution is 2.26. The van der Waals surface area contributed by atoms with E-state index < -0.39 is 0 Å². The van der Waals surface area contributed by atoms with Crippen molar-refractivity contribution in [3.63, 3.8) is 0 Å². The van der Waals surface area contributed by atoms with Gasteiger partial charge in [0.1, 0.15) is 17.6 Å². The molecule has 25 heavy (non-hydrogen) atoms. The van der Waals surface area contributed by atoms with Crippen molar-refractivity contribution >= 4 is 6.03 Å². The summed E-state index contributed by atoms with van der Waals surface area (Å²) in [6.07, 6.45) is -0.185. The zero-order valence-electron chi connectivity index (χ0n) is 14.6. The van der Waals surface area contributed by atoms with Gasteiger partial charge in [-0.15, -0.1) is 0 Å². The van der Waals surface area contributed by atoms with Gasteiger partial charge in [-0.3, -0.25) is 0 Å². The van der Waals surface area contributed by atoms with Crippen LogP contribution in [0.15, 0.2) is 46.9 Å². The summed E-state index contributed by atoms with van der Waals surface area (Å²) in [6.45, 7) is 3.78. The maximum Gasteiger partial charge on any atom is 0.318 e. The van der Waals surface area contributed by atoms with Crippen LogP contribution in [0, 0.1) is 6.92 Å². The van der Waals surface area contributed by atoms with E-state index in [2.05, 4.69) is 5.32 Å². The van der Waals surface area contributed by atoms with Gasteiger partial charge in [-0.05, 0) is 24.6 Å². The fraction of sp³-hybridized carbons (Fsp3) is 0.421. The van der Waals surface area contributed by atoms with E-state index in [0.29, 0.717) is 26.3 Å². The summed E-state index contributed by atoms with van der Waals surface area (Å²) in [7, 11) is 1.65. The Morgan fingerprint density at radius 1 is 1.32 bits per heavy atom. The number of methoxy groups -OCH3 is 1. The maximum atomic E-state index is 12.7. The number of hydrogen-bond acceptors (Lipinski definition) is 4. The Kier molecular flexibility index (Phi) is 5.73. The van der Waals surface area contributed by atoms with Crippen LogP contribution in [0.5, 0.6) is 0 Å². The van der Waals surface area contributed by atoms with Crippen LogP contribution in [-0.4, -0.2) is 44.3 Å². The zero-order chi connectivity index (χ0) is 17.6. The van der Waals surface area contributed by atoms with E-state index in [9.17, 15) is 4.79 Å². The van der Waals surface area contributed by atoms with Crippen molar-refractivity contribution in [3.05, 3.63) is 59.5 Å². The molecule has 0 radical (unpaired) electrons. The average molecular weight is 344 g/mol. The van der Waals surface area contributed by atoms with Crippen LogP contribution in [0.3, 0.4) is 0 Å². The van der Waals surface area contributed by atoms with Gasteiger partial charge in [0, 0.05) is 20.2 Å². The van der Waals surface area contributed by atoms with Gasteiger partial charge < -0.3 is 24.1 Å². The first-order valence-electron chi connectivity index (χ1n) is 8.45. The van der Waals surface area contributed by atoms with Crippen molar-refractivity contribution < 1.29 is 18.7 Å². The lowest BCUT2D eigenvalue weighted by molar-refractivity contribution is 0.00303. The molecule has 134 valence electrons. The number of rotatable bonds is 5. The molecule has 0 unspecified atom stereocenters. The average Bonchev–Trinajstić information content (AvgIpc) is 3.09. The number of hydrogen-bond donors (Lipinski definition) is 1. The second kappa shape index (κ2) is 8.18. The predicted octanol–water partition coefficient (Wildman–Crippen LogP) is 3.06. The van der Waals surface area contributed by atoms with E-state index in [4.69, 9.17) is 13.9 Å². The fourth-order valence-corrected chi connectivity index (χ4v) is 3.00. The number of amides is 2. The van der Waals surface area contributed by atoms with Crippen molar-refractivity contribution in [1.29, 1.82) is 0 Å². The summed E-state index contributed by atoms with van der Waals surface area (Å²) < 4.78 is 16.7. The standard InChI is InChI=1S/C19H24N2O4/c1-14-8-9-17(25-14)16-13-24-11-10-21(16)19(22)20-12-18(23-2)15-6-4-3-5-7-15/h3-9,16,18H,10-13H2,1-2H3,(H,20,22)/t16-,18+/m1/s1. The Balaban J connectivity index is 1.64. The Bertz CT molecular complexity index is 686. The van der Waals surface area contributed by atoms with Crippen molar-refractivity contribution in [2.75, 3.05) is 33.4 Å². The summed E-state index contributed by atoms with van der Waals surface area (Å²) in [6, 6.07) is 13.3. The predicted molar refractivity (Wildman–Crippen MR) is 93.3 cm³/mol. The lowest BCUT2D eigenvalue weighted by atomic mass is 10.1. The summed E-state index contributed by atoms with van der Waals surface area (Å²) >= 11 is 0. The molecule has 1 aliphatic heterocycles. The molecule has 1 N–H and O–H groups in total. The van der Waals surface area contributed by atoms with E-state index in [1.54, 1.807) is 12.0 Å². The molecule has 1 aliphatic rings. The quantitative estimate of drug-likeness (QED) is 0.905. The lowest BCUT2D eigenvalue weighted by Crippen LogP contribution is -2.48. The van der Waals surface area contributed by atoms with Crippen molar-refractivity contribution in [3.8, 4) is 0 Å². The molecular weight excluding hydrogens is 320 g/mol. The van der Waals surface area contributed by atoms with Crippen LogP contribution in [-0.2, 0) is 9.47 Å². The van der Waals surface area contributed by atoms with Crippen LogP contribution in [0.4, 0.5) is 4.79 Å². The molecule has 0 aliphatic carbocycles. The fourth-order valence-electron chi connectivity index (χ4n) is 3.00. The van der Waals surface area contributed by atoms with E-state index in [1.165, 1.54) is 0 Å². The van der Waals surface area contributed by atoms with Crippen LogP contribution < -0.4 is 5.32 Å².